The number of hydrogen-bond donors (Lipinski definition) is 0. The average Bonchev–Trinajstić information content (AvgIpc) is 1.59. The highest BCUT2D eigenvalue weighted by molar-refractivity contribution is 7.85. The smallest absolute Gasteiger partial charge is 0.196 e. The summed E-state index contributed by atoms with van der Waals surface area (Å²) in [5.74, 6) is 3.85. The summed E-state index contributed by atoms with van der Waals surface area (Å²) in [6, 6.07) is 0. The topological polar surface area (TPSA) is 54.0 Å². The summed E-state index contributed by atoms with van der Waals surface area (Å²) in [5, 5.41) is 0. The van der Waals surface area contributed by atoms with E-state index >= 15 is 0 Å². The van der Waals surface area contributed by atoms with Crippen molar-refractivity contribution >= 4 is 10.1 Å². The molecule has 0 aliphatic rings. The summed E-state index contributed by atoms with van der Waals surface area (Å²) in [4.78, 5) is 0. The van der Waals surface area contributed by atoms with Gasteiger partial charge in [0.15, 0.2) is 0 Å². The molecule has 0 fully saturated rings. The van der Waals surface area contributed by atoms with Gasteiger partial charge >= 0.3 is 10.1 Å². The molecule has 0 rings (SSSR count). The second kappa shape index (κ2) is 2.70. The molecule has 0 aliphatic carbocycles. The van der Waals surface area contributed by atoms with Crippen LogP contribution in [0.5, 0.6) is 0 Å². The molecule has 0 unspecified atom stereocenters. The lowest BCUT2D eigenvalue weighted by molar-refractivity contribution is 0.418. The van der Waals surface area contributed by atoms with Crippen molar-refractivity contribution in [3.63, 3.8) is 0 Å². The summed E-state index contributed by atoms with van der Waals surface area (Å²) in [5.41, 5.74) is 0. The zero-order chi connectivity index (χ0) is 6.62. The van der Waals surface area contributed by atoms with Crippen LogP contribution in [0.3, 0.4) is 0 Å². The first-order valence-corrected chi connectivity index (χ1v) is 3.47. The van der Waals surface area contributed by atoms with E-state index in [4.69, 9.17) is 0 Å². The Labute approximate surface area is 48.5 Å². The van der Waals surface area contributed by atoms with E-state index in [-0.39, 0.29) is 0 Å². The van der Waals surface area contributed by atoms with Crippen LogP contribution in [-0.4, -0.2) is 14.2 Å². The van der Waals surface area contributed by atoms with Crippen LogP contribution in [0.4, 0.5) is 0 Å². The van der Waals surface area contributed by atoms with Crippen LogP contribution in [0.1, 0.15) is 6.92 Å². The van der Waals surface area contributed by atoms with Gasteiger partial charge in [0.1, 0.15) is 5.75 Å². The lowest BCUT2D eigenvalue weighted by Crippen LogP contribution is -1.98. The van der Waals surface area contributed by atoms with Crippen LogP contribution < -0.4 is 0 Å². The third kappa shape index (κ3) is 5.47. The highest BCUT2D eigenvalue weighted by atomic mass is 32.2. The second-order valence-electron chi connectivity index (χ2n) is 1.13. The highest BCUT2D eigenvalue weighted by Gasteiger charge is 2.00. The fraction of sp³-hybridized carbons (Fsp3) is 0.500. The molecule has 0 aromatic carbocycles. The molecule has 8 heavy (non-hydrogen) atoms. The molecule has 0 aromatic rings. The first kappa shape index (κ1) is 7.47. The van der Waals surface area contributed by atoms with Crippen molar-refractivity contribution in [3.8, 4) is 11.8 Å². The molecule has 0 saturated carbocycles. The summed E-state index contributed by atoms with van der Waals surface area (Å²) < 4.78 is 29.2. The zero-order valence-electron chi connectivity index (χ0n) is 4.34. The largest absolute Gasteiger partial charge is 0.305 e. The quantitative estimate of drug-likeness (QED) is 0.464. The van der Waals surface area contributed by atoms with Crippen molar-refractivity contribution in [3.05, 3.63) is 0 Å². The minimum Gasteiger partial charge on any atom is -0.196 e. The lowest BCUT2D eigenvalue weighted by Gasteiger charge is -1.77. The van der Waals surface area contributed by atoms with Crippen LogP contribution in [0.2, 0.25) is 0 Å². The summed E-state index contributed by atoms with van der Waals surface area (Å²) in [6.07, 6.45) is 0. The Kier molecular flexibility index (Phi) is 2.52. The SMILES string of the molecule is CC#CCS([O])(=O)=O. The van der Waals surface area contributed by atoms with Crippen molar-refractivity contribution in [1.82, 2.24) is 0 Å². The van der Waals surface area contributed by atoms with E-state index in [2.05, 4.69) is 11.8 Å². The van der Waals surface area contributed by atoms with Crippen molar-refractivity contribution in [1.29, 1.82) is 0 Å². The fourth-order valence-corrected chi connectivity index (χ4v) is 0.482. The molecule has 0 saturated heterocycles. The van der Waals surface area contributed by atoms with Gasteiger partial charge in [-0.05, 0) is 6.92 Å². The summed E-state index contributed by atoms with van der Waals surface area (Å²) in [6.45, 7) is 1.48. The molecule has 0 N–H and O–H groups in total. The highest BCUT2D eigenvalue weighted by Crippen LogP contribution is 1.77. The van der Waals surface area contributed by atoms with Gasteiger partial charge in [-0.2, -0.15) is 8.42 Å². The first-order valence-electron chi connectivity index (χ1n) is 1.89. The third-order valence-corrected chi connectivity index (χ3v) is 0.924. The summed E-state index contributed by atoms with van der Waals surface area (Å²) in [7, 11) is -4.11. The maximum absolute atomic E-state index is 9.73. The van der Waals surface area contributed by atoms with Crippen LogP contribution in [0.15, 0.2) is 0 Å². The van der Waals surface area contributed by atoms with Gasteiger partial charge in [0.2, 0.25) is 0 Å². The molecule has 0 amide bonds. The minimum absolute atomic E-state index is 0.580. The fourth-order valence-electron chi connectivity index (χ4n) is 0.161. The van der Waals surface area contributed by atoms with Gasteiger partial charge in [-0.1, -0.05) is 10.5 Å². The van der Waals surface area contributed by atoms with Crippen LogP contribution in [0, 0.1) is 11.8 Å². The van der Waals surface area contributed by atoms with Gasteiger partial charge in [0, 0.05) is 0 Å². The molecule has 0 atom stereocenters. The predicted molar refractivity (Wildman–Crippen MR) is 27.9 cm³/mol. The standard InChI is InChI=1S/C4H5O3S/c1-2-3-4-8(5,6)7/h4H2,1H3. The molecule has 3 nitrogen and oxygen atoms in total. The first-order chi connectivity index (χ1) is 3.56. The number of rotatable bonds is 1. The molecular weight excluding hydrogens is 128 g/mol. The van der Waals surface area contributed by atoms with Gasteiger partial charge in [-0.15, -0.1) is 5.92 Å². The molecule has 4 heteroatoms. The van der Waals surface area contributed by atoms with Crippen molar-refractivity contribution in [2.75, 3.05) is 5.75 Å². The maximum Gasteiger partial charge on any atom is 0.305 e. The Morgan fingerprint density at radius 2 is 2.00 bits per heavy atom. The molecule has 0 heterocycles. The van der Waals surface area contributed by atoms with Crippen LogP contribution >= 0.6 is 0 Å². The van der Waals surface area contributed by atoms with E-state index in [0.29, 0.717) is 0 Å². The van der Waals surface area contributed by atoms with E-state index in [9.17, 15) is 13.0 Å². The van der Waals surface area contributed by atoms with Crippen LogP contribution in [0.25, 0.3) is 0 Å². The molecule has 0 aliphatic heterocycles. The Morgan fingerprint density at radius 3 is 2.12 bits per heavy atom. The van der Waals surface area contributed by atoms with Gasteiger partial charge in [-0.25, -0.2) is 0 Å². The molecule has 1 radical (unpaired) electrons. The van der Waals surface area contributed by atoms with E-state index in [1.165, 1.54) is 6.92 Å². The molecule has 0 aromatic heterocycles. The van der Waals surface area contributed by atoms with Gasteiger partial charge in [0.05, 0.1) is 0 Å². The van der Waals surface area contributed by atoms with Crippen molar-refractivity contribution in [2.45, 2.75) is 6.92 Å². The molecule has 0 spiro atoms. The van der Waals surface area contributed by atoms with Gasteiger partial charge in [0.25, 0.3) is 0 Å². The number of hydrogen-bond acceptors (Lipinski definition) is 2. The minimum atomic E-state index is -4.11. The Balaban J connectivity index is 3.89. The lowest BCUT2D eigenvalue weighted by atomic mass is 10.7. The predicted octanol–water partition coefficient (Wildman–Crippen LogP) is -0.230. The molecule has 0 bridgehead atoms. The normalized spacial score (nSPS) is 9.75. The Bertz CT molecular complexity index is 203. The van der Waals surface area contributed by atoms with Crippen LogP contribution in [-0.2, 0) is 14.7 Å². The zero-order valence-corrected chi connectivity index (χ0v) is 5.16. The maximum atomic E-state index is 9.73. The van der Waals surface area contributed by atoms with Gasteiger partial charge in [-0.3, -0.25) is 0 Å². The van der Waals surface area contributed by atoms with E-state index in [1.807, 2.05) is 0 Å². The second-order valence-corrected chi connectivity index (χ2v) is 2.53. The average molecular weight is 133 g/mol. The summed E-state index contributed by atoms with van der Waals surface area (Å²) >= 11 is 0. The van der Waals surface area contributed by atoms with E-state index in [0.717, 1.165) is 0 Å². The van der Waals surface area contributed by atoms with Crippen molar-refractivity contribution < 1.29 is 13.0 Å². The van der Waals surface area contributed by atoms with E-state index in [1.54, 1.807) is 0 Å². The van der Waals surface area contributed by atoms with Crippen molar-refractivity contribution in [2.24, 2.45) is 0 Å². The van der Waals surface area contributed by atoms with Gasteiger partial charge < -0.3 is 0 Å². The third-order valence-electron chi connectivity index (χ3n) is 0.426. The Morgan fingerprint density at radius 1 is 1.50 bits per heavy atom. The van der Waals surface area contributed by atoms with E-state index < -0.39 is 15.9 Å². The molecule has 45 valence electrons. The monoisotopic (exact) mass is 133 g/mol. The Hall–Kier alpha value is -0.530. The molecular formula is C4H5O3S.